The Hall–Kier alpha value is -0.120. The Morgan fingerprint density at radius 2 is 1.76 bits per heavy atom. The monoisotopic (exact) mass is 245 g/mol. The molecule has 0 aromatic rings. The first-order chi connectivity index (χ1) is 8.20. The second kappa shape index (κ2) is 12.3. The molecule has 1 atom stereocenters. The van der Waals surface area contributed by atoms with Crippen molar-refractivity contribution in [3.05, 3.63) is 0 Å². The van der Waals surface area contributed by atoms with Crippen LogP contribution in [0.3, 0.4) is 0 Å². The highest BCUT2D eigenvalue weighted by Crippen LogP contribution is 2.10. The lowest BCUT2D eigenvalue weighted by Crippen LogP contribution is -2.30. The van der Waals surface area contributed by atoms with Crippen LogP contribution in [0, 0.1) is 5.92 Å². The second-order valence-corrected chi connectivity index (χ2v) is 4.97. The highest BCUT2D eigenvalue weighted by Gasteiger charge is 2.07. The van der Waals surface area contributed by atoms with Crippen molar-refractivity contribution >= 4 is 0 Å². The first kappa shape index (κ1) is 16.9. The number of hydrogen-bond acceptors (Lipinski definition) is 3. The fourth-order valence-electron chi connectivity index (χ4n) is 1.88. The van der Waals surface area contributed by atoms with Crippen LogP contribution in [0.5, 0.6) is 0 Å². The Balaban J connectivity index is 3.52. The van der Waals surface area contributed by atoms with Crippen LogP contribution in [0.25, 0.3) is 0 Å². The van der Waals surface area contributed by atoms with E-state index in [0.717, 1.165) is 25.5 Å². The lowest BCUT2D eigenvalue weighted by molar-refractivity contribution is 0.0653. The van der Waals surface area contributed by atoms with Crippen molar-refractivity contribution in [1.29, 1.82) is 0 Å². The predicted molar refractivity (Wildman–Crippen MR) is 73.5 cm³/mol. The lowest BCUT2D eigenvalue weighted by Gasteiger charge is -2.18. The van der Waals surface area contributed by atoms with Gasteiger partial charge >= 0.3 is 0 Å². The minimum absolute atomic E-state index is 0.612. The number of rotatable bonds is 12. The summed E-state index contributed by atoms with van der Waals surface area (Å²) in [7, 11) is 1.71. The van der Waals surface area contributed by atoms with Gasteiger partial charge in [0.2, 0.25) is 0 Å². The summed E-state index contributed by atoms with van der Waals surface area (Å²) in [5.74, 6) is 0.815. The quantitative estimate of drug-likeness (QED) is 0.536. The van der Waals surface area contributed by atoms with Crippen LogP contribution in [0.1, 0.15) is 46.5 Å². The predicted octanol–water partition coefficient (Wildman–Crippen LogP) is 2.84. The zero-order valence-corrected chi connectivity index (χ0v) is 12.1. The van der Waals surface area contributed by atoms with Gasteiger partial charge in [-0.05, 0) is 25.3 Å². The summed E-state index contributed by atoms with van der Waals surface area (Å²) in [5.41, 5.74) is 0. The Morgan fingerprint density at radius 3 is 2.35 bits per heavy atom. The van der Waals surface area contributed by atoms with Crippen LogP contribution in [-0.2, 0) is 9.47 Å². The molecule has 3 heteroatoms. The number of ether oxygens (including phenoxy) is 2. The van der Waals surface area contributed by atoms with Gasteiger partial charge in [-0.1, -0.05) is 33.6 Å². The van der Waals surface area contributed by atoms with Crippen LogP contribution in [0.4, 0.5) is 0 Å². The van der Waals surface area contributed by atoms with E-state index in [-0.39, 0.29) is 0 Å². The SMILES string of the molecule is CCNC(CCCC(C)C)CCOCCOC. The zero-order chi connectivity index (χ0) is 12.9. The Kier molecular flexibility index (Phi) is 12.3. The van der Waals surface area contributed by atoms with Crippen LogP contribution in [-0.4, -0.2) is 39.5 Å². The molecule has 0 aromatic heterocycles. The van der Waals surface area contributed by atoms with Crippen molar-refractivity contribution in [2.45, 2.75) is 52.5 Å². The van der Waals surface area contributed by atoms with Crippen molar-refractivity contribution in [2.24, 2.45) is 5.92 Å². The summed E-state index contributed by atoms with van der Waals surface area (Å²) < 4.78 is 10.5. The number of hydrogen-bond donors (Lipinski definition) is 1. The highest BCUT2D eigenvalue weighted by molar-refractivity contribution is 4.66. The first-order valence-corrected chi connectivity index (χ1v) is 7.00. The summed E-state index contributed by atoms with van der Waals surface area (Å²) in [6, 6.07) is 0.612. The Bertz CT molecular complexity index is 151. The normalized spacial score (nSPS) is 13.2. The van der Waals surface area contributed by atoms with Gasteiger partial charge in [-0.25, -0.2) is 0 Å². The van der Waals surface area contributed by atoms with Gasteiger partial charge in [0.1, 0.15) is 0 Å². The smallest absolute Gasteiger partial charge is 0.0700 e. The summed E-state index contributed by atoms with van der Waals surface area (Å²) in [4.78, 5) is 0. The van der Waals surface area contributed by atoms with Crippen molar-refractivity contribution in [2.75, 3.05) is 33.5 Å². The summed E-state index contributed by atoms with van der Waals surface area (Å²) in [5, 5.41) is 3.54. The van der Waals surface area contributed by atoms with E-state index < -0.39 is 0 Å². The molecule has 0 aliphatic rings. The highest BCUT2D eigenvalue weighted by atomic mass is 16.5. The van der Waals surface area contributed by atoms with Crippen molar-refractivity contribution < 1.29 is 9.47 Å². The maximum Gasteiger partial charge on any atom is 0.0700 e. The molecule has 0 saturated heterocycles. The average molecular weight is 245 g/mol. The fourth-order valence-corrected chi connectivity index (χ4v) is 1.88. The molecule has 0 fully saturated rings. The summed E-state index contributed by atoms with van der Waals surface area (Å²) in [6.45, 7) is 10.0. The van der Waals surface area contributed by atoms with Gasteiger partial charge in [-0.2, -0.15) is 0 Å². The second-order valence-electron chi connectivity index (χ2n) is 4.97. The minimum Gasteiger partial charge on any atom is -0.382 e. The van der Waals surface area contributed by atoms with Gasteiger partial charge in [0, 0.05) is 19.8 Å². The third kappa shape index (κ3) is 12.1. The molecule has 0 heterocycles. The van der Waals surface area contributed by atoms with E-state index in [4.69, 9.17) is 9.47 Å². The minimum atomic E-state index is 0.612. The molecule has 0 aliphatic carbocycles. The maximum atomic E-state index is 5.51. The van der Waals surface area contributed by atoms with Crippen LogP contribution < -0.4 is 5.32 Å². The topological polar surface area (TPSA) is 30.5 Å². The van der Waals surface area contributed by atoms with E-state index in [1.54, 1.807) is 7.11 Å². The van der Waals surface area contributed by atoms with E-state index in [1.807, 2.05) is 0 Å². The molecule has 0 radical (unpaired) electrons. The third-order valence-electron chi connectivity index (χ3n) is 2.87. The Labute approximate surface area is 107 Å². The van der Waals surface area contributed by atoms with Crippen molar-refractivity contribution in [3.63, 3.8) is 0 Å². The number of nitrogens with one attached hydrogen (secondary N) is 1. The van der Waals surface area contributed by atoms with E-state index in [0.29, 0.717) is 19.3 Å². The van der Waals surface area contributed by atoms with E-state index in [2.05, 4.69) is 26.1 Å². The van der Waals surface area contributed by atoms with Gasteiger partial charge in [0.15, 0.2) is 0 Å². The first-order valence-electron chi connectivity index (χ1n) is 7.00. The molecule has 0 rings (SSSR count). The van der Waals surface area contributed by atoms with Crippen LogP contribution in [0.15, 0.2) is 0 Å². The molecule has 104 valence electrons. The van der Waals surface area contributed by atoms with Crippen molar-refractivity contribution in [3.8, 4) is 0 Å². The summed E-state index contributed by atoms with van der Waals surface area (Å²) >= 11 is 0. The van der Waals surface area contributed by atoms with Crippen LogP contribution >= 0.6 is 0 Å². The van der Waals surface area contributed by atoms with Gasteiger partial charge in [-0.3, -0.25) is 0 Å². The molecular weight excluding hydrogens is 214 g/mol. The average Bonchev–Trinajstić information content (AvgIpc) is 2.28. The lowest BCUT2D eigenvalue weighted by atomic mass is 10.0. The standard InChI is InChI=1S/C14H31NO2/c1-5-15-14(8-6-7-13(2)3)9-10-17-12-11-16-4/h13-15H,5-12H2,1-4H3. The molecular formula is C14H31NO2. The van der Waals surface area contributed by atoms with Gasteiger partial charge in [-0.15, -0.1) is 0 Å². The van der Waals surface area contributed by atoms with Crippen molar-refractivity contribution in [1.82, 2.24) is 5.32 Å². The molecule has 3 nitrogen and oxygen atoms in total. The van der Waals surface area contributed by atoms with E-state index in [1.165, 1.54) is 19.3 Å². The summed E-state index contributed by atoms with van der Waals surface area (Å²) in [6.07, 6.45) is 5.01. The largest absolute Gasteiger partial charge is 0.382 e. The molecule has 1 unspecified atom stereocenters. The molecule has 0 amide bonds. The molecule has 0 aliphatic heterocycles. The molecule has 0 saturated carbocycles. The maximum absolute atomic E-state index is 5.51. The Morgan fingerprint density at radius 1 is 1.00 bits per heavy atom. The van der Waals surface area contributed by atoms with Crippen LogP contribution in [0.2, 0.25) is 0 Å². The van der Waals surface area contributed by atoms with E-state index in [9.17, 15) is 0 Å². The van der Waals surface area contributed by atoms with E-state index >= 15 is 0 Å². The van der Waals surface area contributed by atoms with Gasteiger partial charge in [0.25, 0.3) is 0 Å². The molecule has 1 N–H and O–H groups in total. The molecule has 17 heavy (non-hydrogen) atoms. The molecule has 0 spiro atoms. The van der Waals surface area contributed by atoms with Gasteiger partial charge < -0.3 is 14.8 Å². The van der Waals surface area contributed by atoms with Gasteiger partial charge in [0.05, 0.1) is 13.2 Å². The molecule has 0 aromatic carbocycles. The fraction of sp³-hybridized carbons (Fsp3) is 1.00. The number of methoxy groups -OCH3 is 1. The zero-order valence-electron chi connectivity index (χ0n) is 12.1. The third-order valence-corrected chi connectivity index (χ3v) is 2.87. The molecule has 0 bridgehead atoms.